The number of hydrogen-bond donors (Lipinski definition) is 3. The van der Waals surface area contributed by atoms with Crippen molar-refractivity contribution in [3.8, 4) is 0 Å². The minimum atomic E-state index is -2.33. The topological polar surface area (TPSA) is 133 Å². The molecule has 10 heteroatoms. The highest BCUT2D eigenvalue weighted by atomic mass is 79.9. The van der Waals surface area contributed by atoms with E-state index in [0.717, 1.165) is 0 Å². The highest BCUT2D eigenvalue weighted by Gasteiger charge is 2.25. The van der Waals surface area contributed by atoms with Crippen molar-refractivity contribution in [2.24, 2.45) is 16.5 Å². The second-order valence-corrected chi connectivity index (χ2v) is 6.69. The summed E-state index contributed by atoms with van der Waals surface area (Å²) in [5.41, 5.74) is 12.4. The van der Waals surface area contributed by atoms with Gasteiger partial charge in [0.2, 0.25) is 5.95 Å². The van der Waals surface area contributed by atoms with E-state index in [1.54, 1.807) is 26.2 Å². The second-order valence-electron chi connectivity index (χ2n) is 4.49. The Bertz CT molecular complexity index is 722. The lowest BCUT2D eigenvalue weighted by Gasteiger charge is -2.30. The van der Waals surface area contributed by atoms with Gasteiger partial charge >= 0.3 is 0 Å². The van der Waals surface area contributed by atoms with Gasteiger partial charge in [-0.3, -0.25) is 0 Å². The summed E-state index contributed by atoms with van der Waals surface area (Å²) >= 11 is 1.03. The number of nitrogens with two attached hydrogens (primary N) is 2. The lowest BCUT2D eigenvalue weighted by Crippen LogP contribution is -2.42. The van der Waals surface area contributed by atoms with E-state index in [9.17, 15) is 8.76 Å². The molecule has 1 heterocycles. The number of quaternary nitrogens is 1. The normalized spacial score (nSPS) is 13.4. The predicted molar refractivity (Wildman–Crippen MR) is 81.8 cm³/mol. The van der Waals surface area contributed by atoms with Crippen molar-refractivity contribution in [2.75, 3.05) is 14.1 Å². The maximum absolute atomic E-state index is 11.3. The Morgan fingerprint density at radius 2 is 2.15 bits per heavy atom. The average molecular weight is 361 g/mol. The summed E-state index contributed by atoms with van der Waals surface area (Å²) in [4.78, 5) is 10.9. The zero-order valence-electron chi connectivity index (χ0n) is 10.8. The minimum absolute atomic E-state index is 0.111. The molecule has 1 aromatic heterocycles. The van der Waals surface area contributed by atoms with Crippen LogP contribution in [-0.4, -0.2) is 38.8 Å². The smallest absolute Gasteiger partial charge is 0.231 e. The fraction of sp³-hybridized carbons (Fsp3) is 0.200. The first-order valence-electron chi connectivity index (χ1n) is 5.45. The Kier molecular flexibility index (Phi) is 3.82. The van der Waals surface area contributed by atoms with Crippen LogP contribution in [0.3, 0.4) is 0 Å². The van der Waals surface area contributed by atoms with E-state index in [-0.39, 0.29) is 15.8 Å². The zero-order valence-corrected chi connectivity index (χ0v) is 13.2. The number of imidazole rings is 1. The Balaban J connectivity index is 2.63. The summed E-state index contributed by atoms with van der Waals surface area (Å²) < 4.78 is 23.0. The largest absolute Gasteiger partial charge is 0.724 e. The summed E-state index contributed by atoms with van der Waals surface area (Å²) in [6.45, 7) is 0. The second kappa shape index (κ2) is 5.13. The van der Waals surface area contributed by atoms with Crippen LogP contribution < -0.4 is 15.4 Å². The maximum Gasteiger partial charge on any atom is 0.231 e. The summed E-state index contributed by atoms with van der Waals surface area (Å²) in [7, 11) is 3.12. The molecule has 0 aliphatic carbocycles. The lowest BCUT2D eigenvalue weighted by molar-refractivity contribution is 0.464. The first-order valence-corrected chi connectivity index (χ1v) is 7.27. The number of halogens is 1. The third kappa shape index (κ3) is 2.68. The van der Waals surface area contributed by atoms with Crippen LogP contribution in [0.25, 0.3) is 11.0 Å². The van der Waals surface area contributed by atoms with E-state index in [2.05, 4.69) is 30.9 Å². The first kappa shape index (κ1) is 14.9. The van der Waals surface area contributed by atoms with Gasteiger partial charge in [0.1, 0.15) is 0 Å². The van der Waals surface area contributed by atoms with Gasteiger partial charge in [-0.25, -0.2) is 13.1 Å². The first-order chi connectivity index (χ1) is 9.21. The summed E-state index contributed by atoms with van der Waals surface area (Å²) in [6.07, 6.45) is 0. The van der Waals surface area contributed by atoms with Gasteiger partial charge in [0.15, 0.2) is 22.9 Å². The number of aliphatic imine (C=N–C) groups is 1. The molecule has 0 bridgehead atoms. The van der Waals surface area contributed by atoms with Crippen LogP contribution in [0, 0.1) is 0 Å². The number of nitrogens with zero attached hydrogens (tertiary/aromatic N) is 3. The number of guanidine groups is 1. The molecule has 0 radical (unpaired) electrons. The van der Waals surface area contributed by atoms with Gasteiger partial charge < -0.3 is 21.0 Å². The van der Waals surface area contributed by atoms with E-state index < -0.39 is 11.3 Å². The van der Waals surface area contributed by atoms with Crippen molar-refractivity contribution in [1.82, 2.24) is 13.9 Å². The van der Waals surface area contributed by atoms with Crippen molar-refractivity contribution in [1.29, 1.82) is 0 Å². The number of fused-ring (bicyclic) bond motifs is 1. The van der Waals surface area contributed by atoms with E-state index in [0.29, 0.717) is 21.2 Å². The summed E-state index contributed by atoms with van der Waals surface area (Å²) in [5, 5.41) is 0. The molecule has 8 nitrogen and oxygen atoms in total. The number of benzene rings is 1. The number of rotatable bonds is 3. The molecule has 0 aliphatic rings. The molecule has 1 unspecified atom stereocenters. The summed E-state index contributed by atoms with van der Waals surface area (Å²) in [6, 6.07) is 3.40. The number of H-pyrrole nitrogens is 1. The van der Waals surface area contributed by atoms with Crippen LogP contribution >= 0.6 is 15.9 Å². The molecular weight excluding hydrogens is 348 g/mol. The third-order valence-electron chi connectivity index (χ3n) is 2.73. The van der Waals surface area contributed by atoms with Gasteiger partial charge in [0, 0.05) is 6.07 Å². The molecule has 0 amide bonds. The fourth-order valence-corrected chi connectivity index (χ4v) is 2.88. The monoisotopic (exact) mass is 360 g/mol. The standard InChI is InChI=1S/C10H13BrN6O2S/c1-17(2,20(18)19)8-4-7-6(3-5(8)11)14-10(15-7)16-9(12)13/h3-4H,1-2H3,(H5-,12,13,14,15,16,18,19). The summed E-state index contributed by atoms with van der Waals surface area (Å²) in [5.74, 6) is 0.151. The molecule has 2 rings (SSSR count). The molecule has 0 fully saturated rings. The molecule has 0 aliphatic heterocycles. The van der Waals surface area contributed by atoms with Crippen molar-refractivity contribution < 1.29 is 8.76 Å². The van der Waals surface area contributed by atoms with Crippen LogP contribution in [-0.2, 0) is 11.3 Å². The number of nitrogens with one attached hydrogen (secondary N) is 1. The quantitative estimate of drug-likeness (QED) is 0.318. The van der Waals surface area contributed by atoms with Gasteiger partial charge in [0.25, 0.3) is 0 Å². The average Bonchev–Trinajstić information content (AvgIpc) is 2.67. The molecule has 0 spiro atoms. The number of hydrogen-bond acceptors (Lipinski definition) is 4. The number of aromatic nitrogens is 2. The van der Waals surface area contributed by atoms with Crippen LogP contribution in [0.1, 0.15) is 0 Å². The minimum Gasteiger partial charge on any atom is -0.724 e. The van der Waals surface area contributed by atoms with E-state index >= 15 is 0 Å². The van der Waals surface area contributed by atoms with Gasteiger partial charge in [0.05, 0.1) is 29.6 Å². The van der Waals surface area contributed by atoms with Crippen molar-refractivity contribution >= 4 is 55.8 Å². The number of aromatic amines is 1. The van der Waals surface area contributed by atoms with E-state index in [1.807, 2.05) is 0 Å². The van der Waals surface area contributed by atoms with Crippen molar-refractivity contribution in [2.45, 2.75) is 0 Å². The maximum atomic E-state index is 11.3. The van der Waals surface area contributed by atoms with Gasteiger partial charge in [-0.2, -0.15) is 4.99 Å². The Morgan fingerprint density at radius 3 is 2.70 bits per heavy atom. The van der Waals surface area contributed by atoms with Crippen molar-refractivity contribution in [3.05, 3.63) is 16.6 Å². The van der Waals surface area contributed by atoms with Gasteiger partial charge in [-0.05, 0) is 22.0 Å². The fourth-order valence-electron chi connectivity index (χ4n) is 1.67. The molecule has 2 aromatic rings. The van der Waals surface area contributed by atoms with E-state index in [1.165, 1.54) is 0 Å². The van der Waals surface area contributed by atoms with Crippen LogP contribution in [0.15, 0.2) is 21.6 Å². The highest BCUT2D eigenvalue weighted by Crippen LogP contribution is 2.34. The van der Waals surface area contributed by atoms with Crippen molar-refractivity contribution in [3.63, 3.8) is 0 Å². The zero-order chi connectivity index (χ0) is 15.1. The molecule has 1 aromatic carbocycles. The predicted octanol–water partition coefficient (Wildman–Crippen LogP) is 0.591. The van der Waals surface area contributed by atoms with Crippen LogP contribution in [0.5, 0.6) is 0 Å². The molecule has 20 heavy (non-hydrogen) atoms. The lowest BCUT2D eigenvalue weighted by atomic mass is 10.2. The van der Waals surface area contributed by atoms with E-state index in [4.69, 9.17) is 11.5 Å². The van der Waals surface area contributed by atoms with Gasteiger partial charge in [-0.15, -0.1) is 0 Å². The highest BCUT2D eigenvalue weighted by molar-refractivity contribution is 9.10. The molecule has 108 valence electrons. The molecule has 0 saturated heterocycles. The molecule has 0 saturated carbocycles. The molecular formula is C10H13BrN6O2S. The third-order valence-corrected chi connectivity index (χ3v) is 4.30. The Hall–Kier alpha value is -1.49. The van der Waals surface area contributed by atoms with Gasteiger partial charge in [-0.1, -0.05) is 0 Å². The molecule has 5 N–H and O–H groups in total. The Morgan fingerprint density at radius 1 is 1.50 bits per heavy atom. The van der Waals surface area contributed by atoms with Crippen LogP contribution in [0.2, 0.25) is 0 Å². The molecule has 1 atom stereocenters. The Labute approximate surface area is 126 Å². The van der Waals surface area contributed by atoms with Crippen LogP contribution in [0.4, 0.5) is 11.6 Å². The SMILES string of the molecule is C[N+](C)(c1cc2[nH]c(N=C(N)N)nc2cc1Br)S(=O)[O-].